The molecule has 1 unspecified atom stereocenters. The molecule has 0 bridgehead atoms. The fraction of sp³-hybridized carbons (Fsp3) is 0.727. The number of hydrogen-bond acceptors (Lipinski definition) is 4. The van der Waals surface area contributed by atoms with Crippen LogP contribution in [0.4, 0.5) is 0 Å². The molecule has 2 heterocycles. The summed E-state index contributed by atoms with van der Waals surface area (Å²) >= 11 is 0. The van der Waals surface area contributed by atoms with Gasteiger partial charge in [0.25, 0.3) is 0 Å². The number of nitrogens with zero attached hydrogens (tertiary/aromatic N) is 2. The molecule has 0 spiro atoms. The minimum Gasteiger partial charge on any atom is -0.380 e. The van der Waals surface area contributed by atoms with Crippen molar-refractivity contribution in [3.05, 3.63) is 17.5 Å². The highest BCUT2D eigenvalue weighted by Gasteiger charge is 2.29. The summed E-state index contributed by atoms with van der Waals surface area (Å²) in [6.45, 7) is 5.85. The van der Waals surface area contributed by atoms with Gasteiger partial charge < -0.3 is 4.74 Å². The van der Waals surface area contributed by atoms with E-state index in [1.54, 1.807) is 6.20 Å². The van der Waals surface area contributed by atoms with Gasteiger partial charge in [-0.1, -0.05) is 0 Å². The summed E-state index contributed by atoms with van der Waals surface area (Å²) in [6, 6.07) is 0. The molecule has 1 aliphatic rings. The molecule has 0 saturated carbocycles. The highest BCUT2D eigenvalue weighted by molar-refractivity contribution is 7.90. The van der Waals surface area contributed by atoms with Crippen LogP contribution in [0.1, 0.15) is 24.6 Å². The lowest BCUT2D eigenvalue weighted by atomic mass is 10.3. The van der Waals surface area contributed by atoms with Crippen LogP contribution in [-0.2, 0) is 27.8 Å². The molecule has 7 heteroatoms. The monoisotopic (exact) mass is 273 g/mol. The largest absolute Gasteiger partial charge is 0.380 e. The zero-order valence-corrected chi connectivity index (χ0v) is 11.5. The second kappa shape index (κ2) is 5.38. The average Bonchev–Trinajstić information content (AvgIpc) is 2.96. The Labute approximate surface area is 107 Å². The Kier molecular flexibility index (Phi) is 4.04. The Balaban J connectivity index is 2.00. The molecule has 2 rings (SSSR count). The summed E-state index contributed by atoms with van der Waals surface area (Å²) in [5.41, 5.74) is 1.92. The van der Waals surface area contributed by atoms with Crippen LogP contribution in [0.25, 0.3) is 0 Å². The van der Waals surface area contributed by atoms with Crippen LogP contribution in [0, 0.1) is 6.92 Å². The molecular weight excluding hydrogens is 254 g/mol. The van der Waals surface area contributed by atoms with Crippen LogP contribution in [0.2, 0.25) is 0 Å². The summed E-state index contributed by atoms with van der Waals surface area (Å²) in [4.78, 5) is 0. The van der Waals surface area contributed by atoms with Crippen LogP contribution >= 0.6 is 0 Å². The highest BCUT2D eigenvalue weighted by Crippen LogP contribution is 2.14. The van der Waals surface area contributed by atoms with E-state index < -0.39 is 15.3 Å². The van der Waals surface area contributed by atoms with Gasteiger partial charge in [-0.3, -0.25) is 4.68 Å². The Morgan fingerprint density at radius 2 is 2.39 bits per heavy atom. The fourth-order valence-corrected chi connectivity index (χ4v) is 3.31. The molecule has 0 radical (unpaired) electrons. The van der Waals surface area contributed by atoms with Crippen molar-refractivity contribution in [3.63, 3.8) is 0 Å². The van der Waals surface area contributed by atoms with E-state index in [-0.39, 0.29) is 0 Å². The van der Waals surface area contributed by atoms with E-state index in [9.17, 15) is 8.42 Å². The number of aromatic nitrogens is 2. The van der Waals surface area contributed by atoms with Crippen LogP contribution in [0.3, 0.4) is 0 Å². The summed E-state index contributed by atoms with van der Waals surface area (Å²) in [7, 11) is -3.28. The summed E-state index contributed by atoms with van der Waals surface area (Å²) in [6.07, 6.45) is 2.29. The molecule has 18 heavy (non-hydrogen) atoms. The first kappa shape index (κ1) is 13.5. The SMILES string of the molecule is CCn1ncc(CNS(=O)(=O)C2CCOC2)c1C. The van der Waals surface area contributed by atoms with E-state index in [1.807, 2.05) is 18.5 Å². The molecule has 1 saturated heterocycles. The molecule has 0 amide bonds. The normalized spacial score (nSPS) is 20.4. The van der Waals surface area contributed by atoms with Crippen LogP contribution in [0.15, 0.2) is 6.20 Å². The third-order valence-electron chi connectivity index (χ3n) is 3.29. The third kappa shape index (κ3) is 2.73. The van der Waals surface area contributed by atoms with Gasteiger partial charge in [0, 0.05) is 31.0 Å². The smallest absolute Gasteiger partial charge is 0.217 e. The van der Waals surface area contributed by atoms with E-state index in [2.05, 4.69) is 9.82 Å². The molecule has 1 aromatic rings. The summed E-state index contributed by atoms with van der Waals surface area (Å²) < 4.78 is 33.5. The lowest BCUT2D eigenvalue weighted by Gasteiger charge is -2.11. The van der Waals surface area contributed by atoms with Gasteiger partial charge in [0.2, 0.25) is 10.0 Å². The second-order valence-corrected chi connectivity index (χ2v) is 6.47. The number of nitrogens with one attached hydrogen (secondary N) is 1. The zero-order valence-electron chi connectivity index (χ0n) is 10.7. The van der Waals surface area contributed by atoms with Crippen molar-refractivity contribution in [2.45, 2.75) is 38.6 Å². The predicted octanol–water partition coefficient (Wildman–Crippen LogP) is 0.420. The lowest BCUT2D eigenvalue weighted by molar-refractivity contribution is 0.198. The molecule has 0 aromatic carbocycles. The standard InChI is InChI=1S/C11H19N3O3S/c1-3-14-9(2)10(6-12-14)7-13-18(15,16)11-4-5-17-8-11/h6,11,13H,3-5,7-8H2,1-2H3. The minimum atomic E-state index is -3.28. The van der Waals surface area contributed by atoms with Crippen molar-refractivity contribution in [2.24, 2.45) is 0 Å². The molecule has 1 aliphatic heterocycles. The lowest BCUT2D eigenvalue weighted by Crippen LogP contribution is -2.34. The van der Waals surface area contributed by atoms with Gasteiger partial charge in [-0.05, 0) is 20.3 Å². The molecular formula is C11H19N3O3S. The van der Waals surface area contributed by atoms with E-state index in [0.717, 1.165) is 17.8 Å². The number of hydrogen-bond donors (Lipinski definition) is 1. The maximum Gasteiger partial charge on any atom is 0.217 e. The van der Waals surface area contributed by atoms with Crippen molar-refractivity contribution in [1.82, 2.24) is 14.5 Å². The maximum absolute atomic E-state index is 12.0. The van der Waals surface area contributed by atoms with Gasteiger partial charge in [0.1, 0.15) is 5.25 Å². The first-order chi connectivity index (χ1) is 8.54. The number of rotatable bonds is 5. The quantitative estimate of drug-likeness (QED) is 0.844. The number of sulfonamides is 1. The second-order valence-electron chi connectivity index (χ2n) is 4.42. The molecule has 102 valence electrons. The number of ether oxygens (including phenoxy) is 1. The van der Waals surface area contributed by atoms with Crippen molar-refractivity contribution in [2.75, 3.05) is 13.2 Å². The molecule has 1 aromatic heterocycles. The summed E-state index contributed by atoms with van der Waals surface area (Å²) in [5, 5.41) is 3.77. The Morgan fingerprint density at radius 1 is 1.61 bits per heavy atom. The van der Waals surface area contributed by atoms with Crippen molar-refractivity contribution >= 4 is 10.0 Å². The molecule has 1 atom stereocenters. The topological polar surface area (TPSA) is 73.2 Å². The van der Waals surface area contributed by atoms with Crippen molar-refractivity contribution < 1.29 is 13.2 Å². The van der Waals surface area contributed by atoms with E-state index >= 15 is 0 Å². The van der Waals surface area contributed by atoms with E-state index in [1.165, 1.54) is 0 Å². The Morgan fingerprint density at radius 3 is 2.94 bits per heavy atom. The average molecular weight is 273 g/mol. The third-order valence-corrected chi connectivity index (χ3v) is 5.09. The van der Waals surface area contributed by atoms with E-state index in [4.69, 9.17) is 4.74 Å². The predicted molar refractivity (Wildman–Crippen MR) is 67.6 cm³/mol. The van der Waals surface area contributed by atoms with Crippen molar-refractivity contribution in [1.29, 1.82) is 0 Å². The van der Waals surface area contributed by atoms with Gasteiger partial charge in [-0.2, -0.15) is 5.10 Å². The first-order valence-electron chi connectivity index (χ1n) is 6.12. The Bertz CT molecular complexity index is 504. The van der Waals surface area contributed by atoms with E-state index in [0.29, 0.717) is 26.2 Å². The minimum absolute atomic E-state index is 0.294. The summed E-state index contributed by atoms with van der Waals surface area (Å²) in [5.74, 6) is 0. The van der Waals surface area contributed by atoms with Gasteiger partial charge in [-0.15, -0.1) is 0 Å². The molecule has 0 aliphatic carbocycles. The van der Waals surface area contributed by atoms with Crippen molar-refractivity contribution in [3.8, 4) is 0 Å². The van der Waals surface area contributed by atoms with Gasteiger partial charge in [-0.25, -0.2) is 13.1 Å². The van der Waals surface area contributed by atoms with Gasteiger partial charge in [0.15, 0.2) is 0 Å². The zero-order chi connectivity index (χ0) is 13.2. The maximum atomic E-state index is 12.0. The van der Waals surface area contributed by atoms with Crippen LogP contribution in [0.5, 0.6) is 0 Å². The molecule has 1 N–H and O–H groups in total. The van der Waals surface area contributed by atoms with Gasteiger partial charge >= 0.3 is 0 Å². The van der Waals surface area contributed by atoms with Crippen LogP contribution < -0.4 is 4.72 Å². The first-order valence-corrected chi connectivity index (χ1v) is 7.66. The Hall–Kier alpha value is -0.920. The fourth-order valence-electron chi connectivity index (χ4n) is 2.03. The van der Waals surface area contributed by atoms with Gasteiger partial charge in [0.05, 0.1) is 12.8 Å². The number of aryl methyl sites for hydroxylation is 1. The highest BCUT2D eigenvalue weighted by atomic mass is 32.2. The molecule has 6 nitrogen and oxygen atoms in total. The molecule has 1 fully saturated rings. The van der Waals surface area contributed by atoms with Crippen LogP contribution in [-0.4, -0.2) is 36.7 Å².